The van der Waals surface area contributed by atoms with Crippen molar-refractivity contribution in [1.82, 2.24) is 4.90 Å². The van der Waals surface area contributed by atoms with Gasteiger partial charge in [-0.2, -0.15) is 0 Å². The highest BCUT2D eigenvalue weighted by atomic mass is 16.4. The van der Waals surface area contributed by atoms with E-state index in [0.717, 1.165) is 0 Å². The molecule has 7 nitrogen and oxygen atoms in total. The minimum Gasteiger partial charge on any atom is -0.481 e. The number of hydrogen-bond donors (Lipinski definition) is 3. The van der Waals surface area contributed by atoms with Gasteiger partial charge in [-0.25, -0.2) is 0 Å². The number of nitrogens with two attached hydrogens (primary N) is 1. The summed E-state index contributed by atoms with van der Waals surface area (Å²) in [6.45, 7) is 2.07. The van der Waals surface area contributed by atoms with Gasteiger partial charge in [0.25, 0.3) is 0 Å². The van der Waals surface area contributed by atoms with Crippen molar-refractivity contribution in [2.24, 2.45) is 11.1 Å². The number of carbonyl (C=O) groups excluding carboxylic acids is 1. The first-order valence-electron chi connectivity index (χ1n) is 5.76. The summed E-state index contributed by atoms with van der Waals surface area (Å²) in [7, 11) is 0. The fraction of sp³-hybridized carbons (Fsp3) is 0.727. The Bertz CT molecular complexity index is 370. The van der Waals surface area contributed by atoms with E-state index >= 15 is 0 Å². The van der Waals surface area contributed by atoms with Crippen LogP contribution >= 0.6 is 0 Å². The summed E-state index contributed by atoms with van der Waals surface area (Å²) in [5.74, 6) is -2.31. The number of amides is 1. The van der Waals surface area contributed by atoms with Gasteiger partial charge in [0.1, 0.15) is 0 Å². The van der Waals surface area contributed by atoms with Crippen LogP contribution in [0, 0.1) is 5.41 Å². The van der Waals surface area contributed by atoms with E-state index < -0.39 is 23.4 Å². The molecule has 0 aromatic rings. The summed E-state index contributed by atoms with van der Waals surface area (Å²) in [5, 5.41) is 17.5. The molecule has 1 aliphatic rings. The third kappa shape index (κ3) is 3.19. The van der Waals surface area contributed by atoms with Crippen molar-refractivity contribution < 1.29 is 24.6 Å². The molecule has 0 aromatic carbocycles. The fourth-order valence-electron chi connectivity index (χ4n) is 1.96. The quantitative estimate of drug-likeness (QED) is 0.611. The summed E-state index contributed by atoms with van der Waals surface area (Å²) >= 11 is 0. The van der Waals surface area contributed by atoms with Gasteiger partial charge in [0.15, 0.2) is 0 Å². The second-order valence-corrected chi connectivity index (χ2v) is 4.91. The molecule has 0 saturated carbocycles. The topological polar surface area (TPSA) is 121 Å². The molecule has 102 valence electrons. The van der Waals surface area contributed by atoms with Crippen LogP contribution in [0.15, 0.2) is 0 Å². The minimum atomic E-state index is -1.00. The SMILES string of the molecule is CC1(C(=O)O)CCN(C(=O)C(N)CCC(=O)O)C1. The number of nitrogens with zero attached hydrogens (tertiary/aromatic N) is 1. The number of carbonyl (C=O) groups is 3. The lowest BCUT2D eigenvalue weighted by Crippen LogP contribution is -2.44. The molecule has 1 saturated heterocycles. The van der Waals surface area contributed by atoms with Crippen LogP contribution in [0.2, 0.25) is 0 Å². The van der Waals surface area contributed by atoms with Gasteiger partial charge in [-0.1, -0.05) is 0 Å². The van der Waals surface area contributed by atoms with E-state index in [1.54, 1.807) is 6.92 Å². The van der Waals surface area contributed by atoms with Gasteiger partial charge < -0.3 is 20.8 Å². The predicted molar refractivity (Wildman–Crippen MR) is 61.8 cm³/mol. The van der Waals surface area contributed by atoms with Crippen LogP contribution in [0.5, 0.6) is 0 Å². The van der Waals surface area contributed by atoms with Crippen LogP contribution in [0.4, 0.5) is 0 Å². The molecular weight excluding hydrogens is 240 g/mol. The number of hydrogen-bond acceptors (Lipinski definition) is 4. The second kappa shape index (κ2) is 5.34. The molecule has 1 amide bonds. The van der Waals surface area contributed by atoms with Gasteiger partial charge in [0, 0.05) is 19.5 Å². The Morgan fingerprint density at radius 3 is 2.44 bits per heavy atom. The zero-order valence-electron chi connectivity index (χ0n) is 10.3. The first kappa shape index (κ1) is 14.4. The summed E-state index contributed by atoms with van der Waals surface area (Å²) in [6, 6.07) is -0.878. The van der Waals surface area contributed by atoms with Crippen molar-refractivity contribution in [2.45, 2.75) is 32.2 Å². The zero-order chi connectivity index (χ0) is 13.9. The monoisotopic (exact) mass is 258 g/mol. The normalized spacial score (nSPS) is 24.9. The van der Waals surface area contributed by atoms with Gasteiger partial charge in [0.05, 0.1) is 11.5 Å². The van der Waals surface area contributed by atoms with Crippen LogP contribution < -0.4 is 5.73 Å². The van der Waals surface area contributed by atoms with Gasteiger partial charge in [-0.15, -0.1) is 0 Å². The highest BCUT2D eigenvalue weighted by molar-refractivity contribution is 5.84. The van der Waals surface area contributed by atoms with Crippen molar-refractivity contribution in [3.8, 4) is 0 Å². The van der Waals surface area contributed by atoms with Crippen LogP contribution in [0.1, 0.15) is 26.2 Å². The Morgan fingerprint density at radius 2 is 2.00 bits per heavy atom. The molecule has 1 rings (SSSR count). The third-order valence-corrected chi connectivity index (χ3v) is 3.29. The molecule has 0 aromatic heterocycles. The Morgan fingerprint density at radius 1 is 1.39 bits per heavy atom. The minimum absolute atomic E-state index is 0.0639. The van der Waals surface area contributed by atoms with Gasteiger partial charge in [-0.05, 0) is 19.8 Å². The van der Waals surface area contributed by atoms with Gasteiger partial charge in [-0.3, -0.25) is 14.4 Å². The number of likely N-dealkylation sites (tertiary alicyclic amines) is 1. The average molecular weight is 258 g/mol. The van der Waals surface area contributed by atoms with Gasteiger partial charge in [0.2, 0.25) is 5.91 Å². The summed E-state index contributed by atoms with van der Waals surface area (Å²) in [4.78, 5) is 34.7. The van der Waals surface area contributed by atoms with Crippen LogP contribution in [-0.2, 0) is 14.4 Å². The Kier molecular flexibility index (Phi) is 4.28. The largest absolute Gasteiger partial charge is 0.481 e. The van der Waals surface area contributed by atoms with E-state index in [1.807, 2.05) is 0 Å². The standard InChI is InChI=1S/C11H18N2O5/c1-11(10(17)18)4-5-13(6-11)9(16)7(12)2-3-8(14)15/h7H,2-6,12H2,1H3,(H,14,15)(H,17,18). The molecule has 18 heavy (non-hydrogen) atoms. The van der Waals surface area contributed by atoms with E-state index in [9.17, 15) is 14.4 Å². The van der Waals surface area contributed by atoms with Crippen molar-refractivity contribution in [3.05, 3.63) is 0 Å². The molecule has 2 unspecified atom stereocenters. The van der Waals surface area contributed by atoms with Crippen LogP contribution in [-0.4, -0.2) is 52.1 Å². The first-order chi connectivity index (χ1) is 8.26. The molecule has 2 atom stereocenters. The predicted octanol–water partition coefficient (Wildman–Crippen LogP) is -0.498. The van der Waals surface area contributed by atoms with E-state index in [-0.39, 0.29) is 25.3 Å². The van der Waals surface area contributed by atoms with E-state index in [0.29, 0.717) is 13.0 Å². The Balaban J connectivity index is 2.54. The van der Waals surface area contributed by atoms with Gasteiger partial charge >= 0.3 is 11.9 Å². The molecule has 0 spiro atoms. The van der Waals surface area contributed by atoms with Crippen molar-refractivity contribution in [2.75, 3.05) is 13.1 Å². The van der Waals surface area contributed by atoms with Crippen LogP contribution in [0.3, 0.4) is 0 Å². The maximum Gasteiger partial charge on any atom is 0.311 e. The number of carboxylic acids is 2. The lowest BCUT2D eigenvalue weighted by Gasteiger charge is -2.22. The third-order valence-electron chi connectivity index (χ3n) is 3.29. The van der Waals surface area contributed by atoms with Crippen LogP contribution in [0.25, 0.3) is 0 Å². The molecule has 7 heteroatoms. The Hall–Kier alpha value is -1.63. The summed E-state index contributed by atoms with van der Waals surface area (Å²) in [5.41, 5.74) is 4.68. The van der Waals surface area contributed by atoms with E-state index in [4.69, 9.17) is 15.9 Å². The van der Waals surface area contributed by atoms with E-state index in [1.165, 1.54) is 4.90 Å². The van der Waals surface area contributed by atoms with Crippen molar-refractivity contribution in [1.29, 1.82) is 0 Å². The molecule has 4 N–H and O–H groups in total. The molecule has 0 aliphatic carbocycles. The second-order valence-electron chi connectivity index (χ2n) is 4.91. The molecule has 1 heterocycles. The highest BCUT2D eigenvalue weighted by Crippen LogP contribution is 2.30. The molecule has 1 aliphatic heterocycles. The van der Waals surface area contributed by atoms with Crippen molar-refractivity contribution >= 4 is 17.8 Å². The smallest absolute Gasteiger partial charge is 0.311 e. The zero-order valence-corrected chi connectivity index (χ0v) is 10.3. The van der Waals surface area contributed by atoms with E-state index in [2.05, 4.69) is 0 Å². The number of rotatable bonds is 5. The Labute approximate surface area is 105 Å². The highest BCUT2D eigenvalue weighted by Gasteiger charge is 2.42. The molecular formula is C11H18N2O5. The molecule has 1 fully saturated rings. The number of carboxylic acid groups (broad SMARTS) is 2. The summed E-state index contributed by atoms with van der Waals surface area (Å²) in [6.07, 6.45) is 0.283. The molecule has 0 radical (unpaired) electrons. The fourth-order valence-corrected chi connectivity index (χ4v) is 1.96. The maximum absolute atomic E-state index is 11.9. The lowest BCUT2D eigenvalue weighted by atomic mass is 9.90. The maximum atomic E-state index is 11.9. The average Bonchev–Trinajstić information content (AvgIpc) is 2.69. The molecule has 0 bridgehead atoms. The first-order valence-corrected chi connectivity index (χ1v) is 5.76. The van der Waals surface area contributed by atoms with Crippen molar-refractivity contribution in [3.63, 3.8) is 0 Å². The number of aliphatic carboxylic acids is 2. The summed E-state index contributed by atoms with van der Waals surface area (Å²) < 4.78 is 0. The lowest BCUT2D eigenvalue weighted by molar-refractivity contribution is -0.147.